The monoisotopic (exact) mass is 436 g/mol. The molecule has 0 bridgehead atoms. The van der Waals surface area contributed by atoms with Gasteiger partial charge in [-0.05, 0) is 38.0 Å². The largest absolute Gasteiger partial charge is 0.424 e. The molecule has 0 saturated heterocycles. The molecule has 30 heavy (non-hydrogen) atoms. The van der Waals surface area contributed by atoms with Crippen molar-refractivity contribution in [2.75, 3.05) is 0 Å². The molecule has 0 aliphatic heterocycles. The van der Waals surface area contributed by atoms with Gasteiger partial charge >= 0.3 is 0 Å². The molecule has 4 aromatic heterocycles. The highest BCUT2D eigenvalue weighted by Crippen LogP contribution is 2.34. The highest BCUT2D eigenvalue weighted by molar-refractivity contribution is 7.18. The fraction of sp³-hybridized carbons (Fsp3) is 0.300. The number of aromatic nitrogens is 4. The van der Waals surface area contributed by atoms with Gasteiger partial charge < -0.3 is 9.73 Å². The second-order valence-electron chi connectivity index (χ2n) is 7.24. The Hall–Kier alpha value is -3.16. The van der Waals surface area contributed by atoms with Gasteiger partial charge in [-0.2, -0.15) is 5.26 Å². The van der Waals surface area contributed by atoms with Crippen LogP contribution in [0.4, 0.5) is 0 Å². The molecular formula is C20H16N6O2S2. The van der Waals surface area contributed by atoms with Crippen molar-refractivity contribution in [2.24, 2.45) is 0 Å². The number of hydrogen-bond acceptors (Lipinski definition) is 9. The number of amides is 1. The molecule has 1 amide bonds. The maximum atomic E-state index is 12.1. The van der Waals surface area contributed by atoms with Crippen LogP contribution in [-0.2, 0) is 17.6 Å². The Bertz CT molecular complexity index is 1290. The molecule has 5 rings (SSSR count). The minimum atomic E-state index is -0.699. The third kappa shape index (κ3) is 3.81. The first-order chi connectivity index (χ1) is 14.5. The Morgan fingerprint density at radius 2 is 2.13 bits per heavy atom. The molecule has 0 radical (unpaired) electrons. The first kappa shape index (κ1) is 18.8. The zero-order valence-corrected chi connectivity index (χ0v) is 17.6. The molecule has 0 unspecified atom stereocenters. The Morgan fingerprint density at radius 3 is 2.87 bits per heavy atom. The van der Waals surface area contributed by atoms with E-state index >= 15 is 0 Å². The summed E-state index contributed by atoms with van der Waals surface area (Å²) in [5, 5.41) is 20.6. The lowest BCUT2D eigenvalue weighted by Gasteiger charge is -2.06. The summed E-state index contributed by atoms with van der Waals surface area (Å²) in [6.07, 6.45) is 3.51. The number of pyridine rings is 1. The van der Waals surface area contributed by atoms with E-state index in [0.717, 1.165) is 25.8 Å². The first-order valence-corrected chi connectivity index (χ1v) is 11.0. The Kier molecular flexibility index (Phi) is 4.56. The summed E-state index contributed by atoms with van der Waals surface area (Å²) in [4.78, 5) is 23.6. The predicted molar refractivity (Wildman–Crippen MR) is 112 cm³/mol. The number of carbonyl (C=O) groups is 1. The molecule has 4 heterocycles. The number of aryl methyl sites for hydroxylation is 1. The van der Waals surface area contributed by atoms with Crippen molar-refractivity contribution in [3.63, 3.8) is 0 Å². The third-order valence-corrected chi connectivity index (χ3v) is 6.82. The van der Waals surface area contributed by atoms with Crippen LogP contribution in [0.15, 0.2) is 28.8 Å². The van der Waals surface area contributed by atoms with Crippen molar-refractivity contribution in [3.8, 4) is 16.6 Å². The minimum absolute atomic E-state index is 0.0379. The van der Waals surface area contributed by atoms with E-state index in [1.165, 1.54) is 4.88 Å². The van der Waals surface area contributed by atoms with Gasteiger partial charge in [-0.15, -0.1) is 32.9 Å². The number of nitrogens with one attached hydrogen (secondary N) is 1. The number of rotatable bonds is 6. The number of thiazole rings is 1. The number of nitriles is 1. The molecule has 1 saturated carbocycles. The van der Waals surface area contributed by atoms with E-state index in [0.29, 0.717) is 25.2 Å². The number of carbonyl (C=O) groups excluding carboxylic acids is 1. The van der Waals surface area contributed by atoms with Gasteiger partial charge in [-0.25, -0.2) is 4.98 Å². The van der Waals surface area contributed by atoms with Gasteiger partial charge in [-0.3, -0.25) is 9.78 Å². The van der Waals surface area contributed by atoms with Gasteiger partial charge in [0.05, 0.1) is 39.5 Å². The Morgan fingerprint density at radius 1 is 1.30 bits per heavy atom. The summed E-state index contributed by atoms with van der Waals surface area (Å²) in [5.41, 5.74) is 1.07. The standard InChI is InChI=1S/C20H16N6O2S2/c1-11-2-3-14(29-11)12-6-15-13(9-22-12)23-19(30-15)8-18-26-25-17(28-18)7-16(27)24-20(10-21)4-5-20/h2-3,6,9H,4-5,7-8H2,1H3,(H,24,27). The fourth-order valence-electron chi connectivity index (χ4n) is 3.06. The minimum Gasteiger partial charge on any atom is -0.424 e. The molecule has 1 N–H and O–H groups in total. The second kappa shape index (κ2) is 7.27. The highest BCUT2D eigenvalue weighted by atomic mass is 32.1. The van der Waals surface area contributed by atoms with E-state index in [-0.39, 0.29) is 18.2 Å². The van der Waals surface area contributed by atoms with Crippen LogP contribution in [0.2, 0.25) is 0 Å². The number of nitrogens with zero attached hydrogens (tertiary/aromatic N) is 5. The SMILES string of the molecule is Cc1ccc(-c2cc3sc(Cc4nnc(CC(=O)NC5(C#N)CC5)o4)nc3cn2)s1. The van der Waals surface area contributed by atoms with Gasteiger partial charge in [0.15, 0.2) is 0 Å². The third-order valence-electron chi connectivity index (χ3n) is 4.78. The molecule has 0 aromatic carbocycles. The lowest BCUT2D eigenvalue weighted by atomic mass is 10.3. The summed E-state index contributed by atoms with van der Waals surface area (Å²) in [5.74, 6) is 0.348. The van der Waals surface area contributed by atoms with Gasteiger partial charge in [0.1, 0.15) is 17.0 Å². The zero-order valence-electron chi connectivity index (χ0n) is 16.0. The van der Waals surface area contributed by atoms with E-state index in [2.05, 4.69) is 50.6 Å². The van der Waals surface area contributed by atoms with E-state index in [1.54, 1.807) is 28.9 Å². The molecule has 4 aromatic rings. The van der Waals surface area contributed by atoms with Crippen molar-refractivity contribution in [3.05, 3.63) is 46.1 Å². The van der Waals surface area contributed by atoms with E-state index in [4.69, 9.17) is 9.68 Å². The van der Waals surface area contributed by atoms with E-state index in [9.17, 15) is 4.79 Å². The molecular weight excluding hydrogens is 420 g/mol. The average molecular weight is 437 g/mol. The molecule has 10 heteroatoms. The molecule has 0 spiro atoms. The van der Waals surface area contributed by atoms with E-state index in [1.807, 2.05) is 6.07 Å². The smallest absolute Gasteiger partial charge is 0.230 e. The van der Waals surface area contributed by atoms with Crippen molar-refractivity contribution >= 4 is 38.8 Å². The van der Waals surface area contributed by atoms with Crippen molar-refractivity contribution in [2.45, 2.75) is 38.1 Å². The highest BCUT2D eigenvalue weighted by Gasteiger charge is 2.44. The van der Waals surface area contributed by atoms with E-state index < -0.39 is 5.54 Å². The summed E-state index contributed by atoms with van der Waals surface area (Å²) >= 11 is 3.27. The number of thiophene rings is 1. The normalized spacial score (nSPS) is 14.5. The van der Waals surface area contributed by atoms with Crippen LogP contribution >= 0.6 is 22.7 Å². The first-order valence-electron chi connectivity index (χ1n) is 9.38. The second-order valence-corrected chi connectivity index (χ2v) is 9.64. The van der Waals surface area contributed by atoms with Crippen LogP contribution in [0.3, 0.4) is 0 Å². The predicted octanol–water partition coefficient (Wildman–Crippen LogP) is 3.42. The van der Waals surface area contributed by atoms with Crippen LogP contribution in [0.25, 0.3) is 20.8 Å². The number of hydrogen-bond donors (Lipinski definition) is 1. The molecule has 8 nitrogen and oxygen atoms in total. The summed E-state index contributed by atoms with van der Waals surface area (Å²) in [7, 11) is 0. The fourth-order valence-corrected chi connectivity index (χ4v) is 4.86. The lowest BCUT2D eigenvalue weighted by molar-refractivity contribution is -0.121. The van der Waals surface area contributed by atoms with Crippen molar-refractivity contribution in [1.82, 2.24) is 25.5 Å². The molecule has 0 atom stereocenters. The average Bonchev–Trinajstić information content (AvgIpc) is 3.05. The van der Waals surface area contributed by atoms with Crippen LogP contribution in [-0.4, -0.2) is 31.6 Å². The van der Waals surface area contributed by atoms with Gasteiger partial charge in [0, 0.05) is 4.88 Å². The molecule has 150 valence electrons. The summed E-state index contributed by atoms with van der Waals surface area (Å²) in [6, 6.07) is 8.34. The van der Waals surface area contributed by atoms with Gasteiger partial charge in [0.25, 0.3) is 0 Å². The number of fused-ring (bicyclic) bond motifs is 1. The quantitative estimate of drug-likeness (QED) is 0.492. The van der Waals surface area contributed by atoms with Crippen LogP contribution in [0.1, 0.15) is 34.5 Å². The van der Waals surface area contributed by atoms with Gasteiger partial charge in [-0.1, -0.05) is 0 Å². The van der Waals surface area contributed by atoms with Crippen LogP contribution in [0.5, 0.6) is 0 Å². The molecule has 1 aliphatic rings. The summed E-state index contributed by atoms with van der Waals surface area (Å²) < 4.78 is 6.65. The molecule has 1 fully saturated rings. The maximum absolute atomic E-state index is 12.1. The van der Waals surface area contributed by atoms with Gasteiger partial charge in [0.2, 0.25) is 17.7 Å². The topological polar surface area (TPSA) is 118 Å². The zero-order chi connectivity index (χ0) is 20.7. The van der Waals surface area contributed by atoms with Crippen molar-refractivity contribution in [1.29, 1.82) is 5.26 Å². The Labute approximate surface area is 179 Å². The van der Waals surface area contributed by atoms with Crippen molar-refractivity contribution < 1.29 is 9.21 Å². The summed E-state index contributed by atoms with van der Waals surface area (Å²) in [6.45, 7) is 2.08. The lowest BCUT2D eigenvalue weighted by Crippen LogP contribution is -2.36. The Balaban J connectivity index is 1.28. The van der Waals surface area contributed by atoms with Crippen LogP contribution in [0, 0.1) is 18.3 Å². The maximum Gasteiger partial charge on any atom is 0.230 e. The van der Waals surface area contributed by atoms with Crippen LogP contribution < -0.4 is 5.32 Å². The molecule has 1 aliphatic carbocycles.